The SMILES string of the molecule is CCOC1(c2noc(CCCCl)n2)CCCC1. The predicted molar refractivity (Wildman–Crippen MR) is 65.1 cm³/mol. The highest BCUT2D eigenvalue weighted by atomic mass is 35.5. The number of rotatable bonds is 6. The zero-order valence-corrected chi connectivity index (χ0v) is 11.0. The van der Waals surface area contributed by atoms with Gasteiger partial charge in [0.2, 0.25) is 11.7 Å². The van der Waals surface area contributed by atoms with E-state index in [0.717, 1.165) is 31.5 Å². The largest absolute Gasteiger partial charge is 0.367 e. The molecule has 2 rings (SSSR count). The van der Waals surface area contributed by atoms with E-state index in [2.05, 4.69) is 10.1 Å². The van der Waals surface area contributed by atoms with Crippen LogP contribution in [0.2, 0.25) is 0 Å². The third-order valence-corrected chi connectivity index (χ3v) is 3.50. The molecule has 1 fully saturated rings. The van der Waals surface area contributed by atoms with E-state index < -0.39 is 0 Å². The van der Waals surface area contributed by atoms with Gasteiger partial charge in [-0.25, -0.2) is 0 Å². The number of hydrogen-bond donors (Lipinski definition) is 0. The molecule has 4 nitrogen and oxygen atoms in total. The molecule has 1 aromatic rings. The summed E-state index contributed by atoms with van der Waals surface area (Å²) in [6, 6.07) is 0. The maximum absolute atomic E-state index is 5.88. The number of ether oxygens (including phenoxy) is 1. The van der Waals surface area contributed by atoms with Gasteiger partial charge in [0.1, 0.15) is 5.60 Å². The van der Waals surface area contributed by atoms with Crippen molar-refractivity contribution in [2.24, 2.45) is 0 Å². The quantitative estimate of drug-likeness (QED) is 0.736. The summed E-state index contributed by atoms with van der Waals surface area (Å²) in [5.74, 6) is 2.02. The molecule has 0 amide bonds. The standard InChI is InChI=1S/C12H19ClN2O2/c1-2-16-12(7-3-4-8-12)11-14-10(17-15-11)6-5-9-13/h2-9H2,1H3. The van der Waals surface area contributed by atoms with Crippen molar-refractivity contribution in [3.63, 3.8) is 0 Å². The maximum atomic E-state index is 5.88. The minimum Gasteiger partial charge on any atom is -0.367 e. The average molecular weight is 259 g/mol. The number of aromatic nitrogens is 2. The number of halogens is 1. The highest BCUT2D eigenvalue weighted by Gasteiger charge is 2.40. The zero-order chi connectivity index (χ0) is 12.1. The molecule has 5 heteroatoms. The van der Waals surface area contributed by atoms with Gasteiger partial charge >= 0.3 is 0 Å². The van der Waals surface area contributed by atoms with Crippen molar-refractivity contribution in [1.82, 2.24) is 10.1 Å². The molecule has 17 heavy (non-hydrogen) atoms. The van der Waals surface area contributed by atoms with E-state index >= 15 is 0 Å². The van der Waals surface area contributed by atoms with Crippen molar-refractivity contribution < 1.29 is 9.26 Å². The molecular weight excluding hydrogens is 240 g/mol. The Balaban J connectivity index is 2.10. The molecule has 1 heterocycles. The summed E-state index contributed by atoms with van der Waals surface area (Å²) in [6.45, 7) is 2.69. The van der Waals surface area contributed by atoms with Crippen molar-refractivity contribution in [3.8, 4) is 0 Å². The third-order valence-electron chi connectivity index (χ3n) is 3.23. The van der Waals surface area contributed by atoms with E-state index in [1.165, 1.54) is 12.8 Å². The van der Waals surface area contributed by atoms with Gasteiger partial charge < -0.3 is 9.26 Å². The monoisotopic (exact) mass is 258 g/mol. The highest BCUT2D eigenvalue weighted by molar-refractivity contribution is 6.17. The Labute approximate surface area is 107 Å². The number of aryl methyl sites for hydroxylation is 1. The smallest absolute Gasteiger partial charge is 0.226 e. The molecule has 0 radical (unpaired) electrons. The molecule has 96 valence electrons. The van der Waals surface area contributed by atoms with Crippen LogP contribution in [0.4, 0.5) is 0 Å². The van der Waals surface area contributed by atoms with Gasteiger partial charge in [-0.3, -0.25) is 0 Å². The number of hydrogen-bond acceptors (Lipinski definition) is 4. The second-order valence-electron chi connectivity index (χ2n) is 4.44. The Morgan fingerprint density at radius 3 is 2.82 bits per heavy atom. The molecule has 0 unspecified atom stereocenters. The van der Waals surface area contributed by atoms with Crippen LogP contribution in [0.5, 0.6) is 0 Å². The highest BCUT2D eigenvalue weighted by Crippen LogP contribution is 2.40. The molecule has 0 atom stereocenters. The van der Waals surface area contributed by atoms with Crippen molar-refractivity contribution in [2.75, 3.05) is 12.5 Å². The lowest BCUT2D eigenvalue weighted by molar-refractivity contribution is -0.0469. The fourth-order valence-corrected chi connectivity index (χ4v) is 2.55. The maximum Gasteiger partial charge on any atom is 0.226 e. The first-order valence-electron chi connectivity index (χ1n) is 6.34. The first-order chi connectivity index (χ1) is 8.30. The normalized spacial score (nSPS) is 18.7. The first-order valence-corrected chi connectivity index (χ1v) is 6.87. The van der Waals surface area contributed by atoms with Gasteiger partial charge in [0.15, 0.2) is 0 Å². The van der Waals surface area contributed by atoms with Crippen molar-refractivity contribution in [2.45, 2.75) is 51.0 Å². The summed E-state index contributed by atoms with van der Waals surface area (Å²) < 4.78 is 11.1. The summed E-state index contributed by atoms with van der Waals surface area (Å²) in [5.41, 5.74) is -0.294. The lowest BCUT2D eigenvalue weighted by atomic mass is 10.0. The van der Waals surface area contributed by atoms with Crippen LogP contribution in [-0.4, -0.2) is 22.6 Å². The van der Waals surface area contributed by atoms with E-state index in [1.54, 1.807) is 0 Å². The Morgan fingerprint density at radius 1 is 1.41 bits per heavy atom. The minimum atomic E-state index is -0.294. The number of nitrogens with zero attached hydrogens (tertiary/aromatic N) is 2. The molecule has 0 aromatic carbocycles. The van der Waals surface area contributed by atoms with E-state index in [0.29, 0.717) is 18.4 Å². The van der Waals surface area contributed by atoms with Gasteiger partial charge in [-0.05, 0) is 39.0 Å². The zero-order valence-electron chi connectivity index (χ0n) is 10.2. The van der Waals surface area contributed by atoms with E-state index in [-0.39, 0.29) is 5.60 Å². The second-order valence-corrected chi connectivity index (χ2v) is 4.82. The third kappa shape index (κ3) is 2.80. The average Bonchev–Trinajstić information content (AvgIpc) is 2.96. The number of alkyl halides is 1. The van der Waals surface area contributed by atoms with Gasteiger partial charge in [-0.2, -0.15) is 4.98 Å². The molecule has 0 bridgehead atoms. The van der Waals surface area contributed by atoms with Crippen LogP contribution in [0.1, 0.15) is 50.7 Å². The van der Waals surface area contributed by atoms with Crippen LogP contribution in [0.25, 0.3) is 0 Å². The van der Waals surface area contributed by atoms with Crippen molar-refractivity contribution in [3.05, 3.63) is 11.7 Å². The fourth-order valence-electron chi connectivity index (χ4n) is 2.41. The summed E-state index contributed by atoms with van der Waals surface area (Å²) in [6.07, 6.45) is 5.95. The summed E-state index contributed by atoms with van der Waals surface area (Å²) >= 11 is 5.65. The first kappa shape index (κ1) is 12.8. The molecule has 0 spiro atoms. The van der Waals surface area contributed by atoms with Gasteiger partial charge in [0.25, 0.3) is 0 Å². The molecule has 0 N–H and O–H groups in total. The van der Waals surface area contributed by atoms with Crippen LogP contribution in [0, 0.1) is 0 Å². The fraction of sp³-hybridized carbons (Fsp3) is 0.833. The van der Waals surface area contributed by atoms with Gasteiger partial charge in [0.05, 0.1) is 0 Å². The van der Waals surface area contributed by atoms with Crippen molar-refractivity contribution in [1.29, 1.82) is 0 Å². The summed E-state index contributed by atoms with van der Waals surface area (Å²) in [7, 11) is 0. The Hall–Kier alpha value is -0.610. The topological polar surface area (TPSA) is 48.2 Å². The molecule has 1 aliphatic rings. The Morgan fingerprint density at radius 2 is 2.18 bits per heavy atom. The van der Waals surface area contributed by atoms with Crippen LogP contribution in [0.3, 0.4) is 0 Å². The van der Waals surface area contributed by atoms with Crippen LogP contribution in [-0.2, 0) is 16.8 Å². The van der Waals surface area contributed by atoms with E-state index in [4.69, 9.17) is 20.9 Å². The van der Waals surface area contributed by atoms with Gasteiger partial charge in [-0.15, -0.1) is 11.6 Å². The molecule has 0 saturated heterocycles. The van der Waals surface area contributed by atoms with Crippen molar-refractivity contribution >= 4 is 11.6 Å². The van der Waals surface area contributed by atoms with Crippen LogP contribution < -0.4 is 0 Å². The van der Waals surface area contributed by atoms with Gasteiger partial charge in [-0.1, -0.05) is 5.16 Å². The second kappa shape index (κ2) is 5.83. The predicted octanol–water partition coefficient (Wildman–Crippen LogP) is 3.05. The van der Waals surface area contributed by atoms with Crippen LogP contribution in [0.15, 0.2) is 4.52 Å². The Bertz CT molecular complexity index is 348. The summed E-state index contributed by atoms with van der Waals surface area (Å²) in [4.78, 5) is 4.46. The molecule has 0 aliphatic heterocycles. The lowest BCUT2D eigenvalue weighted by Crippen LogP contribution is -2.27. The lowest BCUT2D eigenvalue weighted by Gasteiger charge is -2.24. The molecule has 1 aliphatic carbocycles. The molecule has 1 saturated carbocycles. The van der Waals surface area contributed by atoms with E-state index in [1.807, 2.05) is 6.92 Å². The summed E-state index contributed by atoms with van der Waals surface area (Å²) in [5, 5.41) is 4.09. The van der Waals surface area contributed by atoms with Crippen LogP contribution >= 0.6 is 11.6 Å². The Kier molecular flexibility index (Phi) is 4.40. The molecular formula is C12H19ClN2O2. The molecule has 1 aromatic heterocycles. The van der Waals surface area contributed by atoms with Gasteiger partial charge in [0, 0.05) is 18.9 Å². The van der Waals surface area contributed by atoms with E-state index in [9.17, 15) is 0 Å². The minimum absolute atomic E-state index is 0.294.